The van der Waals surface area contributed by atoms with Gasteiger partial charge in [-0.05, 0) is 13.8 Å². The molecule has 0 fully saturated rings. The van der Waals surface area contributed by atoms with E-state index in [1.165, 1.54) is 11.5 Å². The summed E-state index contributed by atoms with van der Waals surface area (Å²) in [6.45, 7) is 5.57. The molecule has 0 aromatic carbocycles. The van der Waals surface area contributed by atoms with Crippen molar-refractivity contribution in [1.82, 2.24) is 14.5 Å². The number of hydrogen-bond donors (Lipinski definition) is 1. The van der Waals surface area contributed by atoms with Crippen molar-refractivity contribution in [3.63, 3.8) is 0 Å². The van der Waals surface area contributed by atoms with Crippen LogP contribution in [-0.4, -0.2) is 38.8 Å². The number of aliphatic hydroxyl groups excluding tert-OH is 1. The molecule has 0 spiro atoms. The van der Waals surface area contributed by atoms with Crippen LogP contribution >= 0.6 is 23.1 Å². The first-order valence-corrected chi connectivity index (χ1v) is 5.62. The van der Waals surface area contributed by atoms with Gasteiger partial charge >= 0.3 is 0 Å². The number of aromatic nitrogens is 2. The fourth-order valence-corrected chi connectivity index (χ4v) is 1.74. The molecule has 0 atom stereocenters. The van der Waals surface area contributed by atoms with E-state index >= 15 is 0 Å². The lowest BCUT2D eigenvalue weighted by atomic mass is 10.3. The largest absolute Gasteiger partial charge is 0.395 e. The highest BCUT2D eigenvalue weighted by molar-refractivity contribution is 7.10. The van der Waals surface area contributed by atoms with Crippen LogP contribution in [0.2, 0.25) is 4.34 Å². The smallest absolute Gasteiger partial charge is 0.138 e. The highest BCUT2D eigenvalue weighted by atomic mass is 35.5. The van der Waals surface area contributed by atoms with E-state index in [1.807, 2.05) is 0 Å². The van der Waals surface area contributed by atoms with Crippen LogP contribution in [0.5, 0.6) is 0 Å². The molecular weight excluding hydrogens is 222 g/mol. The number of nitrogens with zero attached hydrogens (tertiary/aromatic N) is 3. The lowest BCUT2D eigenvalue weighted by molar-refractivity contribution is 0.158. The van der Waals surface area contributed by atoms with Gasteiger partial charge in [-0.2, -0.15) is 0 Å². The van der Waals surface area contributed by atoms with Crippen LogP contribution < -0.4 is 0 Å². The summed E-state index contributed by atoms with van der Waals surface area (Å²) in [7, 11) is 0. The average molecular weight is 236 g/mol. The molecule has 6 heteroatoms. The van der Waals surface area contributed by atoms with Gasteiger partial charge in [0.2, 0.25) is 0 Å². The first-order chi connectivity index (χ1) is 6.65. The van der Waals surface area contributed by atoms with Gasteiger partial charge in [0.1, 0.15) is 10.0 Å². The zero-order chi connectivity index (χ0) is 10.6. The second kappa shape index (κ2) is 5.60. The summed E-state index contributed by atoms with van der Waals surface area (Å²) in [4.78, 5) is 2.10. The Kier molecular flexibility index (Phi) is 4.74. The van der Waals surface area contributed by atoms with Crippen LogP contribution in [-0.2, 0) is 6.54 Å². The highest BCUT2D eigenvalue weighted by Crippen LogP contribution is 2.19. The first kappa shape index (κ1) is 11.8. The predicted molar refractivity (Wildman–Crippen MR) is 57.6 cm³/mol. The maximum absolute atomic E-state index is 8.88. The third-order valence-electron chi connectivity index (χ3n) is 1.98. The molecule has 0 saturated heterocycles. The summed E-state index contributed by atoms with van der Waals surface area (Å²) in [5, 5.41) is 12.8. The van der Waals surface area contributed by atoms with E-state index in [2.05, 4.69) is 28.3 Å². The van der Waals surface area contributed by atoms with Crippen LogP contribution in [0.4, 0.5) is 0 Å². The van der Waals surface area contributed by atoms with Crippen molar-refractivity contribution in [2.45, 2.75) is 26.4 Å². The fraction of sp³-hybridized carbons (Fsp3) is 0.750. The molecule has 0 amide bonds. The third-order valence-corrected chi connectivity index (χ3v) is 2.96. The molecule has 1 rings (SSSR count). The Morgan fingerprint density at radius 2 is 2.29 bits per heavy atom. The molecule has 4 nitrogen and oxygen atoms in total. The van der Waals surface area contributed by atoms with Crippen LogP contribution in [0.25, 0.3) is 0 Å². The van der Waals surface area contributed by atoms with Gasteiger partial charge in [0.05, 0.1) is 6.61 Å². The normalized spacial score (nSPS) is 11.6. The van der Waals surface area contributed by atoms with Gasteiger partial charge in [0.15, 0.2) is 0 Å². The van der Waals surface area contributed by atoms with Crippen molar-refractivity contribution in [3.05, 3.63) is 10.0 Å². The van der Waals surface area contributed by atoms with Gasteiger partial charge in [-0.25, -0.2) is 0 Å². The van der Waals surface area contributed by atoms with E-state index < -0.39 is 0 Å². The monoisotopic (exact) mass is 235 g/mol. The lowest BCUT2D eigenvalue weighted by Crippen LogP contribution is -2.33. The van der Waals surface area contributed by atoms with Gasteiger partial charge in [-0.3, -0.25) is 4.90 Å². The van der Waals surface area contributed by atoms with Gasteiger partial charge in [0, 0.05) is 30.7 Å². The van der Waals surface area contributed by atoms with E-state index in [1.54, 1.807) is 0 Å². The molecule has 1 aromatic rings. The number of halogens is 1. The second-order valence-corrected chi connectivity index (χ2v) is 4.64. The van der Waals surface area contributed by atoms with Crippen molar-refractivity contribution in [2.75, 3.05) is 13.2 Å². The number of hydrogen-bond acceptors (Lipinski definition) is 5. The Hall–Kier alpha value is -0.230. The maximum Gasteiger partial charge on any atom is 0.138 e. The lowest BCUT2D eigenvalue weighted by Gasteiger charge is -2.24. The van der Waals surface area contributed by atoms with Crippen molar-refractivity contribution in [2.24, 2.45) is 0 Å². The molecule has 0 bridgehead atoms. The van der Waals surface area contributed by atoms with Crippen molar-refractivity contribution >= 4 is 23.1 Å². The van der Waals surface area contributed by atoms with Crippen LogP contribution in [0.3, 0.4) is 0 Å². The SMILES string of the molecule is CC(C)N(CCO)Cc1nnsc1Cl. The van der Waals surface area contributed by atoms with Crippen LogP contribution in [0, 0.1) is 0 Å². The summed E-state index contributed by atoms with van der Waals surface area (Å²) in [5.74, 6) is 0. The Morgan fingerprint density at radius 3 is 2.71 bits per heavy atom. The molecule has 1 aromatic heterocycles. The fourth-order valence-electron chi connectivity index (χ4n) is 1.13. The molecule has 0 unspecified atom stereocenters. The second-order valence-electron chi connectivity index (χ2n) is 3.28. The Morgan fingerprint density at radius 1 is 1.57 bits per heavy atom. The zero-order valence-corrected chi connectivity index (χ0v) is 9.85. The average Bonchev–Trinajstić information content (AvgIpc) is 2.51. The minimum atomic E-state index is 0.146. The Bertz CT molecular complexity index is 279. The Labute approximate surface area is 92.7 Å². The molecule has 0 aliphatic rings. The summed E-state index contributed by atoms with van der Waals surface area (Å²) in [5.41, 5.74) is 0.791. The van der Waals surface area contributed by atoms with Crippen molar-refractivity contribution < 1.29 is 5.11 Å². The number of aliphatic hydroxyl groups is 1. The van der Waals surface area contributed by atoms with Crippen LogP contribution in [0.15, 0.2) is 0 Å². The predicted octanol–water partition coefficient (Wildman–Crippen LogP) is 1.39. The van der Waals surface area contributed by atoms with Gasteiger partial charge in [0.25, 0.3) is 0 Å². The molecule has 1 N–H and O–H groups in total. The summed E-state index contributed by atoms with van der Waals surface area (Å²) < 4.78 is 4.40. The molecule has 0 aliphatic carbocycles. The topological polar surface area (TPSA) is 49.2 Å². The van der Waals surface area contributed by atoms with E-state index in [9.17, 15) is 0 Å². The third kappa shape index (κ3) is 3.16. The summed E-state index contributed by atoms with van der Waals surface area (Å²) in [6.07, 6.45) is 0. The first-order valence-electron chi connectivity index (χ1n) is 4.46. The van der Waals surface area contributed by atoms with Crippen molar-refractivity contribution in [1.29, 1.82) is 0 Å². The molecule has 14 heavy (non-hydrogen) atoms. The molecule has 80 valence electrons. The number of rotatable bonds is 5. The van der Waals surface area contributed by atoms with E-state index in [0.29, 0.717) is 23.5 Å². The molecule has 0 radical (unpaired) electrons. The molecule has 1 heterocycles. The minimum absolute atomic E-state index is 0.146. The quantitative estimate of drug-likeness (QED) is 0.838. The van der Waals surface area contributed by atoms with Gasteiger partial charge < -0.3 is 5.11 Å². The maximum atomic E-state index is 8.88. The molecule has 0 aliphatic heterocycles. The van der Waals surface area contributed by atoms with Crippen molar-refractivity contribution in [3.8, 4) is 0 Å². The van der Waals surface area contributed by atoms with E-state index in [0.717, 1.165) is 5.69 Å². The van der Waals surface area contributed by atoms with E-state index in [4.69, 9.17) is 16.7 Å². The minimum Gasteiger partial charge on any atom is -0.395 e. The van der Waals surface area contributed by atoms with E-state index in [-0.39, 0.29) is 6.61 Å². The molecule has 0 saturated carbocycles. The zero-order valence-electron chi connectivity index (χ0n) is 8.27. The standard InChI is InChI=1S/C8H14ClN3OS/c1-6(2)12(3-4-13)5-7-8(9)14-11-10-7/h6,13H,3-5H2,1-2H3. The van der Waals surface area contributed by atoms with Gasteiger partial charge in [-0.15, -0.1) is 5.10 Å². The Balaban J connectivity index is 2.60. The van der Waals surface area contributed by atoms with Crippen LogP contribution in [0.1, 0.15) is 19.5 Å². The highest BCUT2D eigenvalue weighted by Gasteiger charge is 2.13. The molecular formula is C8H14ClN3OS. The summed E-state index contributed by atoms with van der Waals surface area (Å²) >= 11 is 7.08. The summed E-state index contributed by atoms with van der Waals surface area (Å²) in [6, 6.07) is 0.361. The van der Waals surface area contributed by atoms with Gasteiger partial charge in [-0.1, -0.05) is 16.1 Å².